The van der Waals surface area contributed by atoms with E-state index in [1.807, 2.05) is 35.0 Å². The highest BCUT2D eigenvalue weighted by Gasteiger charge is 2.07. The molecule has 0 unspecified atom stereocenters. The zero-order valence-corrected chi connectivity index (χ0v) is 13.0. The van der Waals surface area contributed by atoms with Crippen LogP contribution in [0.5, 0.6) is 0 Å². The Labute approximate surface area is 133 Å². The van der Waals surface area contributed by atoms with Crippen molar-refractivity contribution in [3.05, 3.63) is 35.5 Å². The number of nitrogens with zero attached hydrogens (tertiary/aromatic N) is 1. The lowest BCUT2D eigenvalue weighted by Crippen LogP contribution is -2.28. The summed E-state index contributed by atoms with van der Waals surface area (Å²) in [6.07, 6.45) is 4.27. The minimum absolute atomic E-state index is 0.0595. The Morgan fingerprint density at radius 1 is 1.18 bits per heavy atom. The maximum Gasteiger partial charge on any atom is 0.303 e. The molecule has 2 aromatic rings. The van der Waals surface area contributed by atoms with Crippen LogP contribution in [0.2, 0.25) is 5.02 Å². The highest BCUT2D eigenvalue weighted by atomic mass is 35.5. The van der Waals surface area contributed by atoms with Crippen molar-refractivity contribution in [2.24, 2.45) is 0 Å². The summed E-state index contributed by atoms with van der Waals surface area (Å²) in [5.41, 5.74) is 0.934. The first-order valence-corrected chi connectivity index (χ1v) is 7.67. The van der Waals surface area contributed by atoms with E-state index in [0.717, 1.165) is 23.7 Å². The third kappa shape index (κ3) is 4.49. The maximum absolute atomic E-state index is 11.9. The third-order valence-corrected chi connectivity index (χ3v) is 3.79. The van der Waals surface area contributed by atoms with Crippen LogP contribution in [0.3, 0.4) is 0 Å². The molecule has 0 radical (unpaired) electrons. The number of hydrogen-bond acceptors (Lipinski definition) is 2. The van der Waals surface area contributed by atoms with Gasteiger partial charge in [0, 0.05) is 35.1 Å². The standard InChI is InChI=1S/C16H19ClN2O3/c17-13-5-4-6-14-12(13)8-10-19(14)11-15(20)18-9-3-1-2-7-16(21)22/h4-6,8,10H,1-3,7,9,11H2,(H,18,20)(H,21,22). The van der Waals surface area contributed by atoms with Crippen LogP contribution in [0.4, 0.5) is 0 Å². The molecule has 5 nitrogen and oxygen atoms in total. The first-order chi connectivity index (χ1) is 10.6. The Morgan fingerprint density at radius 3 is 2.77 bits per heavy atom. The van der Waals surface area contributed by atoms with E-state index in [1.54, 1.807) is 0 Å². The number of unbranched alkanes of at least 4 members (excludes halogenated alkanes) is 2. The van der Waals surface area contributed by atoms with Crippen LogP contribution < -0.4 is 5.32 Å². The molecule has 2 rings (SSSR count). The lowest BCUT2D eigenvalue weighted by Gasteiger charge is -2.07. The number of aromatic nitrogens is 1. The van der Waals surface area contributed by atoms with Gasteiger partial charge in [-0.05, 0) is 31.0 Å². The lowest BCUT2D eigenvalue weighted by atomic mass is 10.2. The molecule has 0 atom stereocenters. The van der Waals surface area contributed by atoms with Gasteiger partial charge < -0.3 is 15.0 Å². The predicted molar refractivity (Wildman–Crippen MR) is 86.1 cm³/mol. The molecule has 22 heavy (non-hydrogen) atoms. The molecule has 0 bridgehead atoms. The number of rotatable bonds is 8. The average Bonchev–Trinajstić information content (AvgIpc) is 2.87. The van der Waals surface area contributed by atoms with Gasteiger partial charge >= 0.3 is 5.97 Å². The number of aliphatic carboxylic acids is 1. The highest BCUT2D eigenvalue weighted by molar-refractivity contribution is 6.35. The molecule has 1 aromatic carbocycles. The largest absolute Gasteiger partial charge is 0.481 e. The summed E-state index contributed by atoms with van der Waals surface area (Å²) in [5, 5.41) is 13.0. The van der Waals surface area contributed by atoms with Crippen molar-refractivity contribution < 1.29 is 14.7 Å². The van der Waals surface area contributed by atoms with Crippen molar-refractivity contribution in [2.75, 3.05) is 6.54 Å². The van der Waals surface area contributed by atoms with E-state index in [9.17, 15) is 9.59 Å². The molecule has 1 amide bonds. The number of carbonyl (C=O) groups excluding carboxylic acids is 1. The Bertz CT molecular complexity index is 666. The molecule has 0 spiro atoms. The number of carboxylic acids is 1. The Balaban J connectivity index is 1.77. The van der Waals surface area contributed by atoms with Crippen molar-refractivity contribution in [2.45, 2.75) is 32.2 Å². The fourth-order valence-electron chi connectivity index (χ4n) is 2.34. The van der Waals surface area contributed by atoms with E-state index in [1.165, 1.54) is 0 Å². The third-order valence-electron chi connectivity index (χ3n) is 3.46. The molecule has 0 saturated carbocycles. The lowest BCUT2D eigenvalue weighted by molar-refractivity contribution is -0.137. The molecular weight excluding hydrogens is 304 g/mol. The van der Waals surface area contributed by atoms with E-state index in [2.05, 4.69) is 5.32 Å². The second-order valence-corrected chi connectivity index (χ2v) is 5.58. The second kappa shape index (κ2) is 7.84. The molecule has 2 N–H and O–H groups in total. The number of carboxylic acid groups (broad SMARTS) is 1. The van der Waals surface area contributed by atoms with Gasteiger partial charge in [0.2, 0.25) is 5.91 Å². The zero-order chi connectivity index (χ0) is 15.9. The monoisotopic (exact) mass is 322 g/mol. The Morgan fingerprint density at radius 2 is 2.00 bits per heavy atom. The normalized spacial score (nSPS) is 10.8. The number of hydrogen-bond donors (Lipinski definition) is 2. The molecule has 1 aromatic heterocycles. The van der Waals surface area contributed by atoms with Crippen molar-refractivity contribution in [1.29, 1.82) is 0 Å². The fraction of sp³-hybridized carbons (Fsp3) is 0.375. The van der Waals surface area contributed by atoms with Crippen molar-refractivity contribution >= 4 is 34.4 Å². The van der Waals surface area contributed by atoms with Crippen LogP contribution in [0.1, 0.15) is 25.7 Å². The van der Waals surface area contributed by atoms with Gasteiger partial charge in [-0.2, -0.15) is 0 Å². The van der Waals surface area contributed by atoms with Gasteiger partial charge in [0.05, 0.1) is 0 Å². The van der Waals surface area contributed by atoms with Gasteiger partial charge in [-0.25, -0.2) is 0 Å². The van der Waals surface area contributed by atoms with E-state index < -0.39 is 5.97 Å². The molecule has 0 aliphatic heterocycles. The second-order valence-electron chi connectivity index (χ2n) is 5.17. The number of benzene rings is 1. The quantitative estimate of drug-likeness (QED) is 0.734. The number of fused-ring (bicyclic) bond motifs is 1. The first-order valence-electron chi connectivity index (χ1n) is 7.30. The van der Waals surface area contributed by atoms with E-state index in [-0.39, 0.29) is 18.9 Å². The Hall–Kier alpha value is -2.01. The van der Waals surface area contributed by atoms with Crippen LogP contribution >= 0.6 is 11.6 Å². The number of amides is 1. The van der Waals surface area contributed by atoms with Crippen molar-refractivity contribution in [3.8, 4) is 0 Å². The molecule has 118 valence electrons. The van der Waals surface area contributed by atoms with Crippen LogP contribution in [-0.4, -0.2) is 28.1 Å². The molecular formula is C16H19ClN2O3. The van der Waals surface area contributed by atoms with Gasteiger partial charge in [0.1, 0.15) is 6.54 Å². The highest BCUT2D eigenvalue weighted by Crippen LogP contribution is 2.23. The summed E-state index contributed by atoms with van der Waals surface area (Å²) < 4.78 is 1.86. The molecule has 0 fully saturated rings. The zero-order valence-electron chi connectivity index (χ0n) is 12.2. The minimum atomic E-state index is -0.776. The average molecular weight is 323 g/mol. The van der Waals surface area contributed by atoms with Crippen LogP contribution in [0.15, 0.2) is 30.5 Å². The van der Waals surface area contributed by atoms with Gasteiger partial charge in [0.25, 0.3) is 0 Å². The Kier molecular flexibility index (Phi) is 5.83. The maximum atomic E-state index is 11.9. The summed E-state index contributed by atoms with van der Waals surface area (Å²) >= 11 is 6.11. The number of halogens is 1. The minimum Gasteiger partial charge on any atom is -0.481 e. The van der Waals surface area contributed by atoms with Crippen LogP contribution in [-0.2, 0) is 16.1 Å². The summed E-state index contributed by atoms with van der Waals surface area (Å²) in [6, 6.07) is 7.52. The van der Waals surface area contributed by atoms with E-state index >= 15 is 0 Å². The molecule has 6 heteroatoms. The fourth-order valence-corrected chi connectivity index (χ4v) is 2.57. The van der Waals surface area contributed by atoms with Crippen LogP contribution in [0, 0.1) is 0 Å². The topological polar surface area (TPSA) is 71.3 Å². The van der Waals surface area contributed by atoms with E-state index in [4.69, 9.17) is 16.7 Å². The van der Waals surface area contributed by atoms with Gasteiger partial charge in [0.15, 0.2) is 0 Å². The van der Waals surface area contributed by atoms with Gasteiger partial charge in [-0.15, -0.1) is 0 Å². The van der Waals surface area contributed by atoms with Gasteiger partial charge in [-0.3, -0.25) is 9.59 Å². The smallest absolute Gasteiger partial charge is 0.303 e. The molecule has 1 heterocycles. The number of nitrogens with one attached hydrogen (secondary N) is 1. The number of carbonyl (C=O) groups is 2. The van der Waals surface area contributed by atoms with Crippen molar-refractivity contribution in [3.63, 3.8) is 0 Å². The van der Waals surface area contributed by atoms with Crippen LogP contribution in [0.25, 0.3) is 10.9 Å². The molecule has 0 aliphatic carbocycles. The van der Waals surface area contributed by atoms with Gasteiger partial charge in [-0.1, -0.05) is 24.1 Å². The summed E-state index contributed by atoms with van der Waals surface area (Å²) in [4.78, 5) is 22.3. The molecule has 0 aliphatic rings. The van der Waals surface area contributed by atoms with E-state index in [0.29, 0.717) is 18.0 Å². The summed E-state index contributed by atoms with van der Waals surface area (Å²) in [7, 11) is 0. The van der Waals surface area contributed by atoms with Crippen molar-refractivity contribution in [1.82, 2.24) is 9.88 Å². The molecule has 0 saturated heterocycles. The summed E-state index contributed by atoms with van der Waals surface area (Å²) in [5.74, 6) is -0.835. The summed E-state index contributed by atoms with van der Waals surface area (Å²) in [6.45, 7) is 0.817. The predicted octanol–water partition coefficient (Wildman–Crippen LogP) is 3.06. The first kappa shape index (κ1) is 16.4. The SMILES string of the molecule is O=C(O)CCCCCNC(=O)Cn1ccc2c(Cl)cccc21.